The van der Waals surface area contributed by atoms with E-state index in [1.54, 1.807) is 0 Å². The zero-order valence-electron chi connectivity index (χ0n) is 17.3. The van der Waals surface area contributed by atoms with E-state index in [1.807, 2.05) is 24.3 Å². The van der Waals surface area contributed by atoms with Crippen molar-refractivity contribution in [2.45, 2.75) is 45.3 Å². The summed E-state index contributed by atoms with van der Waals surface area (Å²) in [6, 6.07) is 27.3. The molecule has 29 heavy (non-hydrogen) atoms. The van der Waals surface area contributed by atoms with Crippen molar-refractivity contribution >= 4 is 5.69 Å². The Balaban J connectivity index is 1.61. The summed E-state index contributed by atoms with van der Waals surface area (Å²) in [5, 5.41) is 3.73. The van der Waals surface area contributed by atoms with Gasteiger partial charge in [0, 0.05) is 6.04 Å². The Morgan fingerprint density at radius 2 is 1.59 bits per heavy atom. The first-order valence-electron chi connectivity index (χ1n) is 10.6. The SMILES string of the molecule is CCCCC(NCCc1ccccc1)c1ccc(OCc2ccccc2)c(N)c1. The van der Waals surface area contributed by atoms with E-state index in [0.717, 1.165) is 30.7 Å². The number of anilines is 1. The second-order valence-corrected chi connectivity index (χ2v) is 7.46. The molecule has 3 N–H and O–H groups in total. The predicted octanol–water partition coefficient (Wildman–Crippen LogP) is 5.91. The van der Waals surface area contributed by atoms with Gasteiger partial charge in [-0.1, -0.05) is 86.5 Å². The van der Waals surface area contributed by atoms with Crippen LogP contribution < -0.4 is 15.8 Å². The molecule has 3 nitrogen and oxygen atoms in total. The maximum atomic E-state index is 6.32. The maximum Gasteiger partial charge on any atom is 0.142 e. The van der Waals surface area contributed by atoms with Crippen LogP contribution in [0.15, 0.2) is 78.9 Å². The minimum atomic E-state index is 0.309. The summed E-state index contributed by atoms with van der Waals surface area (Å²) in [4.78, 5) is 0. The first-order valence-corrected chi connectivity index (χ1v) is 10.6. The Morgan fingerprint density at radius 3 is 2.24 bits per heavy atom. The van der Waals surface area contributed by atoms with E-state index in [9.17, 15) is 0 Å². The van der Waals surface area contributed by atoms with E-state index >= 15 is 0 Å². The molecule has 0 saturated carbocycles. The largest absolute Gasteiger partial charge is 0.487 e. The third-order valence-electron chi connectivity index (χ3n) is 5.17. The molecule has 0 amide bonds. The molecular weight excluding hydrogens is 356 g/mol. The molecule has 3 heteroatoms. The van der Waals surface area contributed by atoms with Gasteiger partial charge in [0.05, 0.1) is 5.69 Å². The summed E-state index contributed by atoms with van der Waals surface area (Å²) in [5.41, 5.74) is 10.7. The quantitative estimate of drug-likeness (QED) is 0.401. The molecule has 0 radical (unpaired) electrons. The molecule has 0 aliphatic heterocycles. The Hall–Kier alpha value is -2.78. The van der Waals surface area contributed by atoms with Crippen LogP contribution in [-0.2, 0) is 13.0 Å². The van der Waals surface area contributed by atoms with Crippen LogP contribution in [0, 0.1) is 0 Å². The van der Waals surface area contributed by atoms with Crippen LogP contribution in [0.2, 0.25) is 0 Å². The van der Waals surface area contributed by atoms with Gasteiger partial charge in [0.15, 0.2) is 0 Å². The smallest absolute Gasteiger partial charge is 0.142 e. The zero-order chi connectivity index (χ0) is 20.3. The molecule has 0 spiro atoms. The van der Waals surface area contributed by atoms with E-state index < -0.39 is 0 Å². The molecule has 3 aromatic carbocycles. The van der Waals surface area contributed by atoms with Gasteiger partial charge in [0.1, 0.15) is 12.4 Å². The monoisotopic (exact) mass is 388 g/mol. The number of unbranched alkanes of at least 4 members (excludes halogenated alkanes) is 1. The lowest BCUT2D eigenvalue weighted by Gasteiger charge is -2.20. The van der Waals surface area contributed by atoms with Crippen LogP contribution in [0.1, 0.15) is 48.9 Å². The zero-order valence-corrected chi connectivity index (χ0v) is 17.3. The molecule has 0 heterocycles. The Kier molecular flexibility index (Phi) is 8.14. The van der Waals surface area contributed by atoms with Crippen LogP contribution in [0.3, 0.4) is 0 Å². The molecule has 0 aromatic heterocycles. The van der Waals surface area contributed by atoms with Gasteiger partial charge >= 0.3 is 0 Å². The number of hydrogen-bond donors (Lipinski definition) is 2. The van der Waals surface area contributed by atoms with Gasteiger partial charge in [0.25, 0.3) is 0 Å². The van der Waals surface area contributed by atoms with Crippen molar-refractivity contribution in [3.05, 3.63) is 95.6 Å². The lowest BCUT2D eigenvalue weighted by Crippen LogP contribution is -2.24. The van der Waals surface area contributed by atoms with Crippen molar-refractivity contribution in [1.29, 1.82) is 0 Å². The van der Waals surface area contributed by atoms with Gasteiger partial charge in [-0.05, 0) is 48.2 Å². The van der Waals surface area contributed by atoms with Crippen molar-refractivity contribution in [3.63, 3.8) is 0 Å². The standard InChI is InChI=1S/C26H32N2O/c1-2-3-14-25(28-18-17-21-10-6-4-7-11-21)23-15-16-26(24(27)19-23)29-20-22-12-8-5-9-13-22/h4-13,15-16,19,25,28H,2-3,14,17-18,20,27H2,1H3. The minimum Gasteiger partial charge on any atom is -0.487 e. The van der Waals surface area contributed by atoms with Gasteiger partial charge < -0.3 is 15.8 Å². The summed E-state index contributed by atoms with van der Waals surface area (Å²) in [5.74, 6) is 0.746. The van der Waals surface area contributed by atoms with Crippen molar-refractivity contribution in [1.82, 2.24) is 5.32 Å². The highest BCUT2D eigenvalue weighted by atomic mass is 16.5. The number of hydrogen-bond acceptors (Lipinski definition) is 3. The highest BCUT2D eigenvalue weighted by molar-refractivity contribution is 5.55. The number of benzene rings is 3. The Labute approximate surface area is 174 Å². The molecule has 3 aromatic rings. The van der Waals surface area contributed by atoms with Gasteiger partial charge in [-0.15, -0.1) is 0 Å². The van der Waals surface area contributed by atoms with Crippen LogP contribution in [0.25, 0.3) is 0 Å². The first-order chi connectivity index (χ1) is 14.3. The average molecular weight is 389 g/mol. The predicted molar refractivity (Wildman–Crippen MR) is 122 cm³/mol. The molecule has 1 atom stereocenters. The third-order valence-corrected chi connectivity index (χ3v) is 5.17. The van der Waals surface area contributed by atoms with Crippen molar-refractivity contribution in [2.24, 2.45) is 0 Å². The molecule has 1 unspecified atom stereocenters. The van der Waals surface area contributed by atoms with Gasteiger partial charge in [-0.25, -0.2) is 0 Å². The minimum absolute atomic E-state index is 0.309. The molecule has 0 fully saturated rings. The third kappa shape index (κ3) is 6.65. The lowest BCUT2D eigenvalue weighted by molar-refractivity contribution is 0.308. The van der Waals surface area contributed by atoms with Crippen LogP contribution in [0.5, 0.6) is 5.75 Å². The van der Waals surface area contributed by atoms with E-state index in [1.165, 1.54) is 24.0 Å². The molecule has 152 valence electrons. The Bertz CT molecular complexity index is 849. The van der Waals surface area contributed by atoms with Crippen LogP contribution >= 0.6 is 0 Å². The number of ether oxygens (including phenoxy) is 1. The van der Waals surface area contributed by atoms with Crippen molar-refractivity contribution < 1.29 is 4.74 Å². The number of nitrogens with two attached hydrogens (primary N) is 1. The summed E-state index contributed by atoms with van der Waals surface area (Å²) in [6.07, 6.45) is 4.51. The second-order valence-electron chi connectivity index (χ2n) is 7.46. The molecule has 0 aliphatic carbocycles. The normalized spacial score (nSPS) is 11.9. The van der Waals surface area contributed by atoms with Crippen LogP contribution in [0.4, 0.5) is 5.69 Å². The van der Waals surface area contributed by atoms with Crippen molar-refractivity contribution in [2.75, 3.05) is 12.3 Å². The summed E-state index contributed by atoms with van der Waals surface area (Å²) >= 11 is 0. The van der Waals surface area contributed by atoms with Gasteiger partial charge in [-0.3, -0.25) is 0 Å². The summed E-state index contributed by atoms with van der Waals surface area (Å²) in [6.45, 7) is 3.71. The lowest BCUT2D eigenvalue weighted by atomic mass is 10.00. The van der Waals surface area contributed by atoms with Crippen molar-refractivity contribution in [3.8, 4) is 5.75 Å². The van der Waals surface area contributed by atoms with E-state index in [-0.39, 0.29) is 0 Å². The summed E-state index contributed by atoms with van der Waals surface area (Å²) in [7, 11) is 0. The van der Waals surface area contributed by atoms with Crippen LogP contribution in [-0.4, -0.2) is 6.54 Å². The molecule has 0 aliphatic rings. The average Bonchev–Trinajstić information content (AvgIpc) is 2.76. The highest BCUT2D eigenvalue weighted by Crippen LogP contribution is 2.28. The fraction of sp³-hybridized carbons (Fsp3) is 0.308. The number of rotatable bonds is 11. The first kappa shape index (κ1) is 20.9. The molecule has 3 rings (SSSR count). The Morgan fingerprint density at radius 1 is 0.897 bits per heavy atom. The topological polar surface area (TPSA) is 47.3 Å². The number of nitrogen functional groups attached to an aromatic ring is 1. The fourth-order valence-electron chi connectivity index (χ4n) is 3.48. The number of nitrogens with one attached hydrogen (secondary N) is 1. The summed E-state index contributed by atoms with van der Waals surface area (Å²) < 4.78 is 5.93. The fourth-order valence-corrected chi connectivity index (χ4v) is 3.48. The highest BCUT2D eigenvalue weighted by Gasteiger charge is 2.13. The van der Waals surface area contributed by atoms with E-state index in [0.29, 0.717) is 18.3 Å². The molecular formula is C26H32N2O. The molecule has 0 bridgehead atoms. The van der Waals surface area contributed by atoms with Gasteiger partial charge in [-0.2, -0.15) is 0 Å². The second kappa shape index (κ2) is 11.3. The van der Waals surface area contributed by atoms with E-state index in [2.05, 4.69) is 66.8 Å². The van der Waals surface area contributed by atoms with Gasteiger partial charge in [0.2, 0.25) is 0 Å². The maximum absolute atomic E-state index is 6.32. The molecule has 0 saturated heterocycles. The van der Waals surface area contributed by atoms with E-state index in [4.69, 9.17) is 10.5 Å².